The highest BCUT2D eigenvalue weighted by Crippen LogP contribution is 2.59. The molecule has 0 fully saturated rings. The molecule has 2 nitrogen and oxygen atoms in total. The summed E-state index contributed by atoms with van der Waals surface area (Å²) in [5.41, 5.74) is 26.3. The maximum Gasteiger partial charge on any atom is 0.197 e. The summed E-state index contributed by atoms with van der Waals surface area (Å²) in [5, 5.41) is 4.15. The minimum atomic E-state index is -0.211. The third-order valence-corrected chi connectivity index (χ3v) is 14.5. The van der Waals surface area contributed by atoms with Crippen molar-refractivity contribution in [3.63, 3.8) is 0 Å². The molecule has 2 aliphatic heterocycles. The molecule has 0 bridgehead atoms. The molecule has 8 aromatic rings. The van der Waals surface area contributed by atoms with Crippen molar-refractivity contribution in [1.82, 2.24) is 0 Å². The molecule has 0 saturated carbocycles. The van der Waals surface area contributed by atoms with Crippen LogP contribution < -0.4 is 21.1 Å². The van der Waals surface area contributed by atoms with Gasteiger partial charge in [-0.05, 0) is 96.5 Å². The number of rotatable bonds is 4. The largest absolute Gasteiger partial charge is 0.355 e. The quantitative estimate of drug-likeness (QED) is 0.179. The van der Waals surface area contributed by atoms with Gasteiger partial charge in [-0.3, -0.25) is 0 Å². The number of anilines is 5. The van der Waals surface area contributed by atoms with E-state index in [4.69, 9.17) is 0 Å². The van der Waals surface area contributed by atoms with Crippen LogP contribution in [-0.2, 0) is 16.2 Å². The molecule has 12 rings (SSSR count). The fourth-order valence-electron chi connectivity index (χ4n) is 11.5. The summed E-state index contributed by atoms with van der Waals surface area (Å²) >= 11 is 0. The van der Waals surface area contributed by atoms with E-state index in [1.54, 1.807) is 0 Å². The average Bonchev–Trinajstić information content (AvgIpc) is 3.65. The van der Waals surface area contributed by atoms with Gasteiger partial charge in [-0.15, -0.1) is 0 Å². The van der Waals surface area contributed by atoms with Crippen molar-refractivity contribution in [1.29, 1.82) is 0 Å². The summed E-state index contributed by atoms with van der Waals surface area (Å²) in [6.07, 6.45) is 0. The van der Waals surface area contributed by atoms with E-state index in [2.05, 4.69) is 223 Å². The Hall–Kier alpha value is -6.58. The highest BCUT2D eigenvalue weighted by atomic mass is 15.2. The highest BCUT2D eigenvalue weighted by Gasteiger charge is 2.46. The van der Waals surface area contributed by atoms with Crippen molar-refractivity contribution >= 4 is 46.6 Å². The third kappa shape index (κ3) is 4.66. The van der Waals surface area contributed by atoms with E-state index in [1.165, 1.54) is 106 Å². The van der Waals surface area contributed by atoms with Gasteiger partial charge in [0.15, 0.2) is 7.28 Å². The molecule has 287 valence electrons. The Bertz CT molecular complexity index is 3130. The first-order valence-electron chi connectivity index (χ1n) is 21.4. The van der Waals surface area contributed by atoms with Crippen LogP contribution in [0.4, 0.5) is 28.4 Å². The van der Waals surface area contributed by atoms with Crippen molar-refractivity contribution in [2.24, 2.45) is 0 Å². The molecule has 60 heavy (non-hydrogen) atoms. The summed E-state index contributed by atoms with van der Waals surface area (Å²) < 4.78 is 0. The van der Waals surface area contributed by atoms with Crippen LogP contribution in [0.5, 0.6) is 0 Å². The number of nitrogens with zero attached hydrogens (tertiary/aromatic N) is 1. The maximum absolute atomic E-state index is 4.15. The number of para-hydroxylation sites is 2. The lowest BCUT2D eigenvalue weighted by atomic mass is 9.55. The molecule has 2 aliphatic carbocycles. The van der Waals surface area contributed by atoms with Crippen molar-refractivity contribution in [3.05, 3.63) is 197 Å². The summed E-state index contributed by atoms with van der Waals surface area (Å²) in [7, 11) is 2.49. The predicted octanol–water partition coefficient (Wildman–Crippen LogP) is 13.5. The van der Waals surface area contributed by atoms with Crippen LogP contribution in [0.15, 0.2) is 164 Å². The van der Waals surface area contributed by atoms with E-state index in [-0.39, 0.29) is 16.2 Å². The molecule has 1 N–H and O–H groups in total. The van der Waals surface area contributed by atoms with Gasteiger partial charge < -0.3 is 10.2 Å². The van der Waals surface area contributed by atoms with Gasteiger partial charge in [0.05, 0.1) is 5.69 Å². The second-order valence-corrected chi connectivity index (χ2v) is 18.8. The average molecular weight is 770 g/mol. The van der Waals surface area contributed by atoms with Crippen LogP contribution in [0.25, 0.3) is 44.5 Å². The zero-order chi connectivity index (χ0) is 40.7. The Kier molecular flexibility index (Phi) is 7.22. The number of benzene rings is 8. The Morgan fingerprint density at radius 2 is 1.05 bits per heavy atom. The van der Waals surface area contributed by atoms with Gasteiger partial charge >= 0.3 is 0 Å². The minimum Gasteiger partial charge on any atom is -0.355 e. The van der Waals surface area contributed by atoms with Crippen LogP contribution in [0, 0.1) is 0 Å². The van der Waals surface area contributed by atoms with E-state index in [1.807, 2.05) is 0 Å². The first-order chi connectivity index (χ1) is 29.0. The van der Waals surface area contributed by atoms with Gasteiger partial charge in [0.2, 0.25) is 0 Å². The lowest BCUT2D eigenvalue weighted by Gasteiger charge is -2.47. The van der Waals surface area contributed by atoms with E-state index in [9.17, 15) is 0 Å². The molecule has 0 unspecified atom stereocenters. The van der Waals surface area contributed by atoms with Crippen LogP contribution >= 0.6 is 0 Å². The Labute approximate surface area is 354 Å². The monoisotopic (exact) mass is 769 g/mol. The van der Waals surface area contributed by atoms with E-state index < -0.39 is 0 Å². The van der Waals surface area contributed by atoms with Gasteiger partial charge in [0.25, 0.3) is 0 Å². The lowest BCUT2D eigenvalue weighted by molar-refractivity contribution is 0.632. The van der Waals surface area contributed by atoms with Crippen molar-refractivity contribution < 1.29 is 0 Å². The molecule has 0 aromatic heterocycles. The van der Waals surface area contributed by atoms with Crippen LogP contribution in [0.2, 0.25) is 0 Å². The first-order valence-corrected chi connectivity index (χ1v) is 21.4. The fraction of sp³-hybridized carbons (Fsp3) is 0.158. The van der Waals surface area contributed by atoms with Crippen molar-refractivity contribution in [2.45, 2.75) is 57.8 Å². The Balaban J connectivity index is 1.16. The van der Waals surface area contributed by atoms with Crippen LogP contribution in [0.1, 0.15) is 74.9 Å². The van der Waals surface area contributed by atoms with Crippen molar-refractivity contribution in [2.75, 3.05) is 10.2 Å². The summed E-state index contributed by atoms with van der Waals surface area (Å²) in [4.78, 5) is 2.64. The zero-order valence-electron chi connectivity index (χ0n) is 35.1. The van der Waals surface area contributed by atoms with Gasteiger partial charge in [-0.25, -0.2) is 0 Å². The maximum atomic E-state index is 4.15. The molecular formula is C57H46BN2. The normalized spacial score (nSPS) is 16.0. The molecule has 4 aliphatic rings. The van der Waals surface area contributed by atoms with Crippen LogP contribution in [0.3, 0.4) is 0 Å². The van der Waals surface area contributed by atoms with E-state index in [0.717, 1.165) is 11.4 Å². The van der Waals surface area contributed by atoms with Crippen LogP contribution in [-0.4, -0.2) is 7.28 Å². The van der Waals surface area contributed by atoms with Gasteiger partial charge in [-0.2, -0.15) is 0 Å². The molecule has 0 spiro atoms. The lowest BCUT2D eigenvalue weighted by Crippen LogP contribution is -2.46. The predicted molar refractivity (Wildman–Crippen MR) is 254 cm³/mol. The topological polar surface area (TPSA) is 15.3 Å². The zero-order valence-corrected chi connectivity index (χ0v) is 35.1. The third-order valence-electron chi connectivity index (χ3n) is 14.5. The molecule has 8 aromatic carbocycles. The minimum absolute atomic E-state index is 0.157. The second-order valence-electron chi connectivity index (χ2n) is 18.8. The number of hydrogen-bond acceptors (Lipinski definition) is 2. The molecular weight excluding hydrogens is 723 g/mol. The Morgan fingerprint density at radius 3 is 1.85 bits per heavy atom. The summed E-state index contributed by atoms with van der Waals surface area (Å²) in [6.45, 7) is 14.4. The summed E-state index contributed by atoms with van der Waals surface area (Å²) in [6, 6.07) is 61.3. The van der Waals surface area contributed by atoms with E-state index >= 15 is 0 Å². The van der Waals surface area contributed by atoms with E-state index in [0.29, 0.717) is 0 Å². The number of hydrogen-bond donors (Lipinski definition) is 1. The second kappa shape index (κ2) is 12.2. The standard InChI is InChI=1S/C57H46BN2/c1-55(2)42-24-13-11-21-39(42)50-45(55)33-40(52-54(50)60-49-29-15-14-25-43(49)56(3,4)44-26-17-27-46(58-52)53(44)60)37-31-30-35(34-18-8-7-9-19-34)32-48(37)59-47-28-16-22-38-36-20-10-12-23-41(36)57(5,6)51(38)47/h7-33,59H,1-6H3. The fourth-order valence-corrected chi connectivity index (χ4v) is 11.5. The first kappa shape index (κ1) is 35.4. The Morgan fingerprint density at radius 1 is 0.417 bits per heavy atom. The van der Waals surface area contributed by atoms with Gasteiger partial charge in [0, 0.05) is 50.1 Å². The molecule has 0 atom stereocenters. The van der Waals surface area contributed by atoms with Crippen molar-refractivity contribution in [3.8, 4) is 44.5 Å². The number of fused-ring (bicyclic) bond motifs is 11. The smallest absolute Gasteiger partial charge is 0.197 e. The molecule has 0 amide bonds. The molecule has 3 heteroatoms. The van der Waals surface area contributed by atoms with Gasteiger partial charge in [-0.1, -0.05) is 187 Å². The highest BCUT2D eigenvalue weighted by molar-refractivity contribution is 6.73. The molecule has 0 saturated heterocycles. The molecule has 2 heterocycles. The molecule has 1 radical (unpaired) electrons. The van der Waals surface area contributed by atoms with Gasteiger partial charge in [0.1, 0.15) is 0 Å². The number of nitrogens with one attached hydrogen (secondary N) is 1. The summed E-state index contributed by atoms with van der Waals surface area (Å²) in [5.74, 6) is 0. The SMILES string of the molecule is CC1(C)c2ccccc2-c2c1cc(-c1ccc(-c3ccccc3)cc1Nc1cccc3c1C(C)(C)c1ccccc1-3)c1c2N2c3ccccc3C(C)(C)c3cccc(c32)[B]1.